The lowest BCUT2D eigenvalue weighted by Gasteiger charge is -2.57. The molecule has 2 saturated heterocycles. The first-order valence-electron chi connectivity index (χ1n) is 10.9. The van der Waals surface area contributed by atoms with Crippen molar-refractivity contribution < 1.29 is 14.6 Å². The number of ether oxygens (including phenoxy) is 1. The van der Waals surface area contributed by atoms with Crippen LogP contribution in [0.2, 0.25) is 0 Å². The largest absolute Gasteiger partial charge is 0.395 e. The van der Waals surface area contributed by atoms with Gasteiger partial charge in [-0.25, -0.2) is 0 Å². The number of aliphatic hydroxyl groups excluding tert-OH is 1. The highest BCUT2D eigenvalue weighted by Gasteiger charge is 2.49. The number of nitrogens with zero attached hydrogens (tertiary/aromatic N) is 2. The number of hydrogen-bond donors (Lipinski definition) is 1. The normalized spacial score (nSPS) is 24.5. The van der Waals surface area contributed by atoms with E-state index in [4.69, 9.17) is 4.74 Å². The first-order valence-corrected chi connectivity index (χ1v) is 10.9. The molecule has 2 fully saturated rings. The number of fused-ring (bicyclic) bond motifs is 1. The van der Waals surface area contributed by atoms with Gasteiger partial charge in [0.15, 0.2) is 0 Å². The van der Waals surface area contributed by atoms with E-state index >= 15 is 0 Å². The van der Waals surface area contributed by atoms with Gasteiger partial charge >= 0.3 is 0 Å². The molecule has 1 N–H and O–H groups in total. The van der Waals surface area contributed by atoms with Gasteiger partial charge in [0.05, 0.1) is 6.61 Å². The number of hydrogen-bond acceptors (Lipinski definition) is 4. The van der Waals surface area contributed by atoms with E-state index in [0.717, 1.165) is 25.9 Å². The minimum absolute atomic E-state index is 0.0559. The summed E-state index contributed by atoms with van der Waals surface area (Å²) in [5, 5.41) is 10.1. The maximum Gasteiger partial charge on any atom is 0.248 e. The van der Waals surface area contributed by atoms with E-state index in [1.165, 1.54) is 22.3 Å². The van der Waals surface area contributed by atoms with Crippen LogP contribution >= 0.6 is 0 Å². The van der Waals surface area contributed by atoms with Gasteiger partial charge in [0, 0.05) is 38.2 Å². The molecule has 2 aromatic rings. The molecule has 2 aliphatic rings. The van der Waals surface area contributed by atoms with Crippen molar-refractivity contribution in [3.05, 3.63) is 59.7 Å². The molecule has 5 heteroatoms. The van der Waals surface area contributed by atoms with Crippen molar-refractivity contribution in [3.63, 3.8) is 0 Å². The zero-order valence-electron chi connectivity index (χ0n) is 18.0. The van der Waals surface area contributed by atoms with Gasteiger partial charge in [-0.3, -0.25) is 9.69 Å². The molecule has 2 aliphatic heterocycles. The summed E-state index contributed by atoms with van der Waals surface area (Å²) in [5.41, 5.74) is 4.92. The maximum atomic E-state index is 12.5. The number of benzene rings is 2. The third-order valence-electron chi connectivity index (χ3n) is 6.64. The van der Waals surface area contributed by atoms with Crippen LogP contribution < -0.4 is 0 Å². The second-order valence-corrected chi connectivity index (χ2v) is 8.55. The van der Waals surface area contributed by atoms with Gasteiger partial charge in [0.1, 0.15) is 6.61 Å². The van der Waals surface area contributed by atoms with Gasteiger partial charge in [-0.15, -0.1) is 0 Å². The highest BCUT2D eigenvalue weighted by Crippen LogP contribution is 2.42. The zero-order valence-corrected chi connectivity index (χ0v) is 18.0. The average molecular weight is 409 g/mol. The Kier molecular flexibility index (Phi) is 6.52. The minimum atomic E-state index is 0.0559. The topological polar surface area (TPSA) is 53.0 Å². The van der Waals surface area contributed by atoms with Crippen LogP contribution in [-0.4, -0.2) is 72.9 Å². The predicted octanol–water partition coefficient (Wildman–Crippen LogP) is 3.06. The van der Waals surface area contributed by atoms with E-state index in [9.17, 15) is 9.90 Å². The molecule has 0 spiro atoms. The summed E-state index contributed by atoms with van der Waals surface area (Å²) in [6.07, 6.45) is 2.04. The zero-order chi connectivity index (χ0) is 21.1. The fraction of sp³-hybridized carbons (Fsp3) is 0.480. The van der Waals surface area contributed by atoms with E-state index in [-0.39, 0.29) is 37.1 Å². The molecule has 4 rings (SSSR count). The van der Waals surface area contributed by atoms with Crippen LogP contribution in [0.25, 0.3) is 11.1 Å². The molecule has 0 aliphatic carbocycles. The van der Waals surface area contributed by atoms with Crippen LogP contribution in [0.3, 0.4) is 0 Å². The number of carbonyl (C=O) groups is 1. The fourth-order valence-corrected chi connectivity index (χ4v) is 5.10. The lowest BCUT2D eigenvalue weighted by molar-refractivity contribution is -0.140. The molecule has 0 unspecified atom stereocenters. The molecule has 160 valence electrons. The molecule has 0 saturated carbocycles. The molecule has 2 heterocycles. The lowest BCUT2D eigenvalue weighted by atomic mass is 9.74. The summed E-state index contributed by atoms with van der Waals surface area (Å²) >= 11 is 0. The standard InChI is InChI=1S/C25H32N2O3/c1-18-6-5-7-21(14-18)19-8-10-20(11-9-19)25-22-15-26(24(29)17-30-2)12-3-4-13-27(22)23(25)16-28/h5-11,14,22-23,25,28H,3-4,12-13,15-17H2,1-2H3/t22-,23-,25-/m0/s1. The Morgan fingerprint density at radius 2 is 1.87 bits per heavy atom. The first kappa shape index (κ1) is 21.0. The van der Waals surface area contributed by atoms with Gasteiger partial charge in [0.2, 0.25) is 5.91 Å². The third kappa shape index (κ3) is 4.15. The van der Waals surface area contributed by atoms with Gasteiger partial charge in [-0.1, -0.05) is 54.1 Å². The van der Waals surface area contributed by atoms with Gasteiger partial charge < -0.3 is 14.7 Å². The Morgan fingerprint density at radius 3 is 2.57 bits per heavy atom. The van der Waals surface area contributed by atoms with E-state index in [1.807, 2.05) is 4.90 Å². The summed E-state index contributed by atoms with van der Waals surface area (Å²) in [5.74, 6) is 0.290. The monoisotopic (exact) mass is 408 g/mol. The number of rotatable bonds is 5. The quantitative estimate of drug-likeness (QED) is 0.826. The minimum Gasteiger partial charge on any atom is -0.395 e. The van der Waals surface area contributed by atoms with Crippen molar-refractivity contribution in [2.24, 2.45) is 0 Å². The Balaban J connectivity index is 1.56. The van der Waals surface area contributed by atoms with E-state index < -0.39 is 0 Å². The molecule has 3 atom stereocenters. The Labute approximate surface area is 179 Å². The molecule has 5 nitrogen and oxygen atoms in total. The Morgan fingerprint density at radius 1 is 1.10 bits per heavy atom. The SMILES string of the molecule is COCC(=O)N1CCCCN2[C@@H](CO)[C@@H](c3ccc(-c4cccc(C)c4)cc3)[C@@H]2C1. The van der Waals surface area contributed by atoms with Crippen LogP contribution in [0, 0.1) is 6.92 Å². The maximum absolute atomic E-state index is 12.5. The lowest BCUT2D eigenvalue weighted by Crippen LogP contribution is -2.68. The highest BCUT2D eigenvalue weighted by atomic mass is 16.5. The Hall–Kier alpha value is -2.21. The summed E-state index contributed by atoms with van der Waals surface area (Å²) in [6.45, 7) is 4.86. The fourth-order valence-electron chi connectivity index (χ4n) is 5.10. The summed E-state index contributed by atoms with van der Waals surface area (Å²) < 4.78 is 5.08. The smallest absolute Gasteiger partial charge is 0.248 e. The second kappa shape index (κ2) is 9.29. The van der Waals surface area contributed by atoms with Crippen molar-refractivity contribution in [2.75, 3.05) is 40.0 Å². The summed E-state index contributed by atoms with van der Waals surface area (Å²) in [7, 11) is 1.57. The van der Waals surface area contributed by atoms with E-state index in [0.29, 0.717) is 6.54 Å². The molecule has 0 aromatic heterocycles. The molecular weight excluding hydrogens is 376 g/mol. The van der Waals surface area contributed by atoms with Crippen molar-refractivity contribution in [1.29, 1.82) is 0 Å². The molecule has 2 aromatic carbocycles. The third-order valence-corrected chi connectivity index (χ3v) is 6.64. The van der Waals surface area contributed by atoms with Crippen molar-refractivity contribution in [1.82, 2.24) is 9.80 Å². The number of methoxy groups -OCH3 is 1. The van der Waals surface area contributed by atoms with E-state index in [1.54, 1.807) is 7.11 Å². The number of carbonyl (C=O) groups excluding carboxylic acids is 1. The number of aryl methyl sites for hydroxylation is 1. The summed E-state index contributed by atoms with van der Waals surface area (Å²) in [4.78, 5) is 16.8. The molecule has 0 bridgehead atoms. The van der Waals surface area contributed by atoms with E-state index in [2.05, 4.69) is 60.4 Å². The van der Waals surface area contributed by atoms with Gasteiger partial charge in [0.25, 0.3) is 0 Å². The van der Waals surface area contributed by atoms with Crippen LogP contribution in [0.5, 0.6) is 0 Å². The van der Waals surface area contributed by atoms with Crippen molar-refractivity contribution >= 4 is 5.91 Å². The van der Waals surface area contributed by atoms with Gasteiger partial charge in [-0.05, 0) is 43.0 Å². The number of aliphatic hydroxyl groups is 1. The molecule has 1 amide bonds. The molecule has 0 radical (unpaired) electrons. The second-order valence-electron chi connectivity index (χ2n) is 8.55. The van der Waals surface area contributed by atoms with Crippen molar-refractivity contribution in [2.45, 2.75) is 37.8 Å². The van der Waals surface area contributed by atoms with Crippen LogP contribution in [0.15, 0.2) is 48.5 Å². The van der Waals surface area contributed by atoms with Crippen LogP contribution in [-0.2, 0) is 9.53 Å². The Bertz CT molecular complexity index is 867. The average Bonchev–Trinajstić information content (AvgIpc) is 2.73. The summed E-state index contributed by atoms with van der Waals surface area (Å²) in [6, 6.07) is 17.6. The van der Waals surface area contributed by atoms with Crippen molar-refractivity contribution in [3.8, 4) is 11.1 Å². The predicted molar refractivity (Wildman–Crippen MR) is 118 cm³/mol. The highest BCUT2D eigenvalue weighted by molar-refractivity contribution is 5.77. The first-order chi connectivity index (χ1) is 14.6. The molecular formula is C25H32N2O3. The van der Waals surface area contributed by atoms with Gasteiger partial charge in [-0.2, -0.15) is 0 Å². The number of amides is 1. The molecule has 30 heavy (non-hydrogen) atoms. The van der Waals surface area contributed by atoms with Crippen LogP contribution in [0.4, 0.5) is 0 Å². The van der Waals surface area contributed by atoms with Crippen LogP contribution in [0.1, 0.15) is 29.9 Å².